The van der Waals surface area contributed by atoms with Crippen molar-refractivity contribution >= 4 is 6.21 Å². The minimum atomic E-state index is -0.0220. The van der Waals surface area contributed by atoms with Crippen LogP contribution in [0.25, 0.3) is 22.3 Å². The SMILES string of the molecule is CC=NC(c1ccccc1)c1ccc(-c2ccccc2)cc1-c1ccccc1. The average molecular weight is 361 g/mol. The molecule has 0 bridgehead atoms. The molecule has 136 valence electrons. The third-order valence-electron chi connectivity index (χ3n) is 4.95. The molecule has 1 unspecified atom stereocenters. The van der Waals surface area contributed by atoms with Crippen LogP contribution >= 0.6 is 0 Å². The minimum absolute atomic E-state index is 0.0220. The first kappa shape index (κ1) is 17.9. The molecule has 4 aromatic rings. The summed E-state index contributed by atoms with van der Waals surface area (Å²) >= 11 is 0. The third kappa shape index (κ3) is 3.79. The molecule has 0 N–H and O–H groups in total. The van der Waals surface area contributed by atoms with E-state index in [1.54, 1.807) is 0 Å². The molecule has 1 heteroatoms. The number of rotatable bonds is 5. The maximum Gasteiger partial charge on any atom is 0.100 e. The van der Waals surface area contributed by atoms with Gasteiger partial charge in [0.15, 0.2) is 0 Å². The fraction of sp³-hybridized carbons (Fsp3) is 0.0741. The number of hydrogen-bond donors (Lipinski definition) is 0. The lowest BCUT2D eigenvalue weighted by Gasteiger charge is -2.19. The van der Waals surface area contributed by atoms with Crippen molar-refractivity contribution in [2.75, 3.05) is 0 Å². The summed E-state index contributed by atoms with van der Waals surface area (Å²) in [4.78, 5) is 4.83. The zero-order chi connectivity index (χ0) is 19.2. The molecule has 1 nitrogen and oxygen atoms in total. The molecule has 28 heavy (non-hydrogen) atoms. The Labute approximate surface area is 167 Å². The monoisotopic (exact) mass is 361 g/mol. The van der Waals surface area contributed by atoms with Crippen LogP contribution in [-0.2, 0) is 0 Å². The lowest BCUT2D eigenvalue weighted by Crippen LogP contribution is -2.01. The summed E-state index contributed by atoms with van der Waals surface area (Å²) in [5.41, 5.74) is 7.29. The summed E-state index contributed by atoms with van der Waals surface area (Å²) in [5.74, 6) is 0. The van der Waals surface area contributed by atoms with Gasteiger partial charge < -0.3 is 0 Å². The van der Waals surface area contributed by atoms with Crippen molar-refractivity contribution in [3.8, 4) is 22.3 Å². The van der Waals surface area contributed by atoms with Gasteiger partial charge in [0.2, 0.25) is 0 Å². The quantitative estimate of drug-likeness (QED) is 0.333. The Morgan fingerprint density at radius 1 is 0.607 bits per heavy atom. The Morgan fingerprint density at radius 2 is 1.18 bits per heavy atom. The van der Waals surface area contributed by atoms with Gasteiger partial charge in [-0.3, -0.25) is 4.99 Å². The van der Waals surface area contributed by atoms with Gasteiger partial charge in [-0.15, -0.1) is 0 Å². The fourth-order valence-electron chi connectivity index (χ4n) is 3.60. The maximum atomic E-state index is 4.83. The molecule has 4 aromatic carbocycles. The van der Waals surface area contributed by atoms with E-state index in [0.29, 0.717) is 0 Å². The molecule has 0 heterocycles. The van der Waals surface area contributed by atoms with Crippen LogP contribution in [0.2, 0.25) is 0 Å². The third-order valence-corrected chi connectivity index (χ3v) is 4.95. The van der Waals surface area contributed by atoms with E-state index in [1.165, 1.54) is 33.4 Å². The minimum Gasteiger partial charge on any atom is -0.285 e. The summed E-state index contributed by atoms with van der Waals surface area (Å²) in [5, 5.41) is 0. The predicted molar refractivity (Wildman–Crippen MR) is 120 cm³/mol. The molecule has 4 rings (SSSR count). The largest absolute Gasteiger partial charge is 0.285 e. The van der Waals surface area contributed by atoms with Gasteiger partial charge in [0.25, 0.3) is 0 Å². The summed E-state index contributed by atoms with van der Waals surface area (Å²) in [6, 6.07) is 38.3. The van der Waals surface area contributed by atoms with Gasteiger partial charge in [-0.05, 0) is 52.6 Å². The van der Waals surface area contributed by atoms with E-state index in [2.05, 4.69) is 103 Å². The molecule has 0 radical (unpaired) electrons. The van der Waals surface area contributed by atoms with Gasteiger partial charge in [-0.1, -0.05) is 103 Å². The van der Waals surface area contributed by atoms with E-state index >= 15 is 0 Å². The van der Waals surface area contributed by atoms with Crippen molar-refractivity contribution in [1.82, 2.24) is 0 Å². The first-order valence-electron chi connectivity index (χ1n) is 9.64. The van der Waals surface area contributed by atoms with Crippen molar-refractivity contribution in [2.45, 2.75) is 13.0 Å². The van der Waals surface area contributed by atoms with Gasteiger partial charge in [0.1, 0.15) is 6.04 Å². The Bertz CT molecular complexity index is 1050. The van der Waals surface area contributed by atoms with Crippen LogP contribution in [0.15, 0.2) is 114 Å². The van der Waals surface area contributed by atoms with Gasteiger partial charge in [-0.25, -0.2) is 0 Å². The van der Waals surface area contributed by atoms with Crippen molar-refractivity contribution in [3.05, 3.63) is 120 Å². The normalized spacial score (nSPS) is 12.2. The fourth-order valence-corrected chi connectivity index (χ4v) is 3.60. The molecule has 0 saturated carbocycles. The van der Waals surface area contributed by atoms with E-state index < -0.39 is 0 Å². The second-order valence-electron chi connectivity index (χ2n) is 6.75. The van der Waals surface area contributed by atoms with Crippen LogP contribution in [-0.4, -0.2) is 6.21 Å². The van der Waals surface area contributed by atoms with Crippen LogP contribution in [0.5, 0.6) is 0 Å². The van der Waals surface area contributed by atoms with Crippen molar-refractivity contribution < 1.29 is 0 Å². The molecule has 0 spiro atoms. The molecule has 0 fully saturated rings. The number of hydrogen-bond acceptors (Lipinski definition) is 1. The molecule has 0 aliphatic heterocycles. The highest BCUT2D eigenvalue weighted by Crippen LogP contribution is 2.37. The highest BCUT2D eigenvalue weighted by atomic mass is 14.8. The summed E-state index contributed by atoms with van der Waals surface area (Å²) in [6.45, 7) is 1.98. The molecule has 0 amide bonds. The van der Waals surface area contributed by atoms with Gasteiger partial charge in [0.05, 0.1) is 0 Å². The highest BCUT2D eigenvalue weighted by Gasteiger charge is 2.17. The first-order chi connectivity index (χ1) is 13.9. The summed E-state index contributed by atoms with van der Waals surface area (Å²) in [7, 11) is 0. The van der Waals surface area contributed by atoms with E-state index in [4.69, 9.17) is 4.99 Å². The molecule has 0 aliphatic carbocycles. The van der Waals surface area contributed by atoms with Gasteiger partial charge in [-0.2, -0.15) is 0 Å². The smallest absolute Gasteiger partial charge is 0.100 e. The van der Waals surface area contributed by atoms with Crippen LogP contribution < -0.4 is 0 Å². The van der Waals surface area contributed by atoms with E-state index in [-0.39, 0.29) is 6.04 Å². The molecular weight excluding hydrogens is 338 g/mol. The molecule has 0 saturated heterocycles. The Balaban J connectivity index is 1.91. The maximum absolute atomic E-state index is 4.83. The zero-order valence-corrected chi connectivity index (χ0v) is 16.0. The summed E-state index contributed by atoms with van der Waals surface area (Å²) < 4.78 is 0. The molecule has 0 aliphatic rings. The lowest BCUT2D eigenvalue weighted by molar-refractivity contribution is 0.879. The number of benzene rings is 4. The van der Waals surface area contributed by atoms with Crippen LogP contribution in [0, 0.1) is 0 Å². The van der Waals surface area contributed by atoms with E-state index in [0.717, 1.165) is 0 Å². The predicted octanol–water partition coefficient (Wildman–Crippen LogP) is 7.20. The topological polar surface area (TPSA) is 12.4 Å². The van der Waals surface area contributed by atoms with Crippen molar-refractivity contribution in [2.24, 2.45) is 4.99 Å². The molecule has 1 atom stereocenters. The Kier molecular flexibility index (Phi) is 5.44. The van der Waals surface area contributed by atoms with Crippen molar-refractivity contribution in [1.29, 1.82) is 0 Å². The standard InChI is InChI=1S/C27H23N/c1-2-28-27(23-16-10-5-11-17-23)25-19-18-24(21-12-6-3-7-13-21)20-26(25)22-14-8-4-9-15-22/h2-20,27H,1H3. The lowest BCUT2D eigenvalue weighted by atomic mass is 9.88. The second kappa shape index (κ2) is 8.49. The molecule has 0 aromatic heterocycles. The van der Waals surface area contributed by atoms with Gasteiger partial charge in [0, 0.05) is 0 Å². The van der Waals surface area contributed by atoms with E-state index in [9.17, 15) is 0 Å². The van der Waals surface area contributed by atoms with Crippen LogP contribution in [0.1, 0.15) is 24.1 Å². The average Bonchev–Trinajstić information content (AvgIpc) is 2.79. The Morgan fingerprint density at radius 3 is 1.79 bits per heavy atom. The molecular formula is C27H23N. The number of nitrogens with zero attached hydrogens (tertiary/aromatic N) is 1. The van der Waals surface area contributed by atoms with Crippen LogP contribution in [0.4, 0.5) is 0 Å². The first-order valence-corrected chi connectivity index (χ1v) is 9.64. The van der Waals surface area contributed by atoms with E-state index in [1.807, 2.05) is 19.2 Å². The Hall–Kier alpha value is -3.45. The number of aliphatic imine (C=N–C) groups is 1. The van der Waals surface area contributed by atoms with Crippen LogP contribution in [0.3, 0.4) is 0 Å². The highest BCUT2D eigenvalue weighted by molar-refractivity contribution is 5.77. The summed E-state index contributed by atoms with van der Waals surface area (Å²) in [6.07, 6.45) is 1.90. The van der Waals surface area contributed by atoms with Gasteiger partial charge >= 0.3 is 0 Å². The second-order valence-corrected chi connectivity index (χ2v) is 6.75. The zero-order valence-electron chi connectivity index (χ0n) is 16.0. The van der Waals surface area contributed by atoms with Crippen molar-refractivity contribution in [3.63, 3.8) is 0 Å².